The number of hydrogen-bond donors (Lipinski definition) is 0. The quantitative estimate of drug-likeness (QED) is 0.732. The second-order valence-corrected chi connectivity index (χ2v) is 5.06. The van der Waals surface area contributed by atoms with Crippen molar-refractivity contribution in [3.8, 4) is 0 Å². The van der Waals surface area contributed by atoms with E-state index in [0.29, 0.717) is 11.1 Å². The van der Waals surface area contributed by atoms with Gasteiger partial charge < -0.3 is 0 Å². The van der Waals surface area contributed by atoms with E-state index in [0.717, 1.165) is 22.3 Å². The van der Waals surface area contributed by atoms with Crippen molar-refractivity contribution in [3.63, 3.8) is 0 Å². The first kappa shape index (κ1) is 13.5. The molecule has 0 aliphatic heterocycles. The molecule has 2 aromatic carbocycles. The Kier molecular flexibility index (Phi) is 3.52. The molecule has 19 heavy (non-hydrogen) atoms. The van der Waals surface area contributed by atoms with Gasteiger partial charge in [-0.1, -0.05) is 17.7 Å². The molecule has 0 aliphatic rings. The molecule has 0 aliphatic carbocycles. The fraction of sp³-hybridized carbons (Fsp3) is 0.235. The third-order valence-corrected chi connectivity index (χ3v) is 3.34. The average molecular weight is 256 g/mol. The van der Waals surface area contributed by atoms with Crippen molar-refractivity contribution >= 4 is 5.78 Å². The second-order valence-electron chi connectivity index (χ2n) is 5.06. The first-order valence-electron chi connectivity index (χ1n) is 6.29. The summed E-state index contributed by atoms with van der Waals surface area (Å²) in [6.07, 6.45) is 0. The van der Waals surface area contributed by atoms with Crippen LogP contribution in [0.2, 0.25) is 0 Å². The number of carbonyl (C=O) groups is 1. The Morgan fingerprint density at radius 3 is 2.00 bits per heavy atom. The predicted octanol–water partition coefficient (Wildman–Crippen LogP) is 4.29. The molecule has 0 bridgehead atoms. The highest BCUT2D eigenvalue weighted by Gasteiger charge is 2.16. The van der Waals surface area contributed by atoms with Crippen molar-refractivity contribution in [2.75, 3.05) is 0 Å². The molecule has 2 heteroatoms. The van der Waals surface area contributed by atoms with Crippen LogP contribution < -0.4 is 0 Å². The average Bonchev–Trinajstić information content (AvgIpc) is 2.26. The lowest BCUT2D eigenvalue weighted by molar-refractivity contribution is 0.103. The Morgan fingerprint density at radius 1 is 0.895 bits per heavy atom. The van der Waals surface area contributed by atoms with E-state index >= 15 is 0 Å². The monoisotopic (exact) mass is 256 g/mol. The smallest absolute Gasteiger partial charge is 0.193 e. The van der Waals surface area contributed by atoms with Crippen molar-refractivity contribution < 1.29 is 9.18 Å². The van der Waals surface area contributed by atoms with Crippen molar-refractivity contribution in [3.05, 3.63) is 69.5 Å². The summed E-state index contributed by atoms with van der Waals surface area (Å²) in [5.41, 5.74) is 5.03. The van der Waals surface area contributed by atoms with Gasteiger partial charge in [-0.05, 0) is 62.6 Å². The van der Waals surface area contributed by atoms with Gasteiger partial charge in [-0.3, -0.25) is 4.79 Å². The molecular formula is C17H17FO. The highest BCUT2D eigenvalue weighted by atomic mass is 19.1. The fourth-order valence-electron chi connectivity index (χ4n) is 2.55. The largest absolute Gasteiger partial charge is 0.289 e. The zero-order valence-corrected chi connectivity index (χ0v) is 11.7. The zero-order valence-electron chi connectivity index (χ0n) is 11.7. The topological polar surface area (TPSA) is 17.1 Å². The van der Waals surface area contributed by atoms with Crippen LogP contribution in [0.1, 0.15) is 38.2 Å². The van der Waals surface area contributed by atoms with E-state index in [4.69, 9.17) is 0 Å². The molecule has 2 rings (SSSR count). The number of carbonyl (C=O) groups excluding carboxylic acids is 1. The summed E-state index contributed by atoms with van der Waals surface area (Å²) in [6, 6.07) is 8.29. The second kappa shape index (κ2) is 4.96. The van der Waals surface area contributed by atoms with Crippen LogP contribution in [0.5, 0.6) is 0 Å². The van der Waals surface area contributed by atoms with Gasteiger partial charge in [-0.25, -0.2) is 4.39 Å². The molecule has 0 heterocycles. The molecule has 0 spiro atoms. The van der Waals surface area contributed by atoms with Crippen LogP contribution in [0, 0.1) is 33.5 Å². The minimum Gasteiger partial charge on any atom is -0.289 e. The van der Waals surface area contributed by atoms with Gasteiger partial charge in [0.2, 0.25) is 0 Å². The molecular weight excluding hydrogens is 239 g/mol. The van der Waals surface area contributed by atoms with Crippen molar-refractivity contribution in [2.45, 2.75) is 27.7 Å². The van der Waals surface area contributed by atoms with Crippen molar-refractivity contribution in [1.82, 2.24) is 0 Å². The van der Waals surface area contributed by atoms with Gasteiger partial charge in [-0.15, -0.1) is 0 Å². The van der Waals surface area contributed by atoms with E-state index in [2.05, 4.69) is 0 Å². The van der Waals surface area contributed by atoms with Crippen LogP contribution in [0.4, 0.5) is 4.39 Å². The molecule has 0 atom stereocenters. The van der Waals surface area contributed by atoms with Crippen molar-refractivity contribution in [2.24, 2.45) is 0 Å². The molecule has 0 aromatic heterocycles. The molecule has 0 saturated carbocycles. The lowest BCUT2D eigenvalue weighted by Crippen LogP contribution is -2.08. The van der Waals surface area contributed by atoms with E-state index < -0.39 is 0 Å². The van der Waals surface area contributed by atoms with Crippen molar-refractivity contribution in [1.29, 1.82) is 0 Å². The lowest BCUT2D eigenvalue weighted by Gasteiger charge is -2.12. The SMILES string of the molecule is Cc1cc(C)c(C(=O)c2ccc(F)cc2C)c(C)c1. The maximum atomic E-state index is 13.1. The molecule has 0 unspecified atom stereocenters. The Labute approximate surface area is 113 Å². The lowest BCUT2D eigenvalue weighted by atomic mass is 9.91. The maximum absolute atomic E-state index is 13.1. The van der Waals surface area contributed by atoms with E-state index in [9.17, 15) is 9.18 Å². The third kappa shape index (κ3) is 2.58. The Balaban J connectivity index is 2.56. The number of rotatable bonds is 2. The van der Waals surface area contributed by atoms with Crippen LogP contribution in [0.3, 0.4) is 0 Å². The van der Waals surface area contributed by atoms with Gasteiger partial charge in [0.15, 0.2) is 5.78 Å². The number of ketones is 1. The Bertz CT molecular complexity index is 633. The van der Waals surface area contributed by atoms with Crippen LogP contribution >= 0.6 is 0 Å². The number of aryl methyl sites for hydroxylation is 4. The first-order chi connectivity index (χ1) is 8.90. The standard InChI is InChI=1S/C17H17FO/c1-10-7-12(3)16(13(4)8-10)17(19)15-6-5-14(18)9-11(15)2/h5-9H,1-4H3. The summed E-state index contributed by atoms with van der Waals surface area (Å²) in [5, 5.41) is 0. The number of halogens is 1. The maximum Gasteiger partial charge on any atom is 0.193 e. The summed E-state index contributed by atoms with van der Waals surface area (Å²) in [4.78, 5) is 12.6. The Hall–Kier alpha value is -1.96. The summed E-state index contributed by atoms with van der Waals surface area (Å²) < 4.78 is 13.1. The van der Waals surface area contributed by atoms with Gasteiger partial charge >= 0.3 is 0 Å². The van der Waals surface area contributed by atoms with Crippen LogP contribution in [0.25, 0.3) is 0 Å². The van der Waals surface area contributed by atoms with Crippen LogP contribution in [-0.4, -0.2) is 5.78 Å². The third-order valence-electron chi connectivity index (χ3n) is 3.34. The highest BCUT2D eigenvalue weighted by Crippen LogP contribution is 2.22. The van der Waals surface area contributed by atoms with Gasteiger partial charge in [0.1, 0.15) is 5.82 Å². The molecule has 2 aromatic rings. The first-order valence-corrected chi connectivity index (χ1v) is 6.29. The van der Waals surface area contributed by atoms with Gasteiger partial charge in [0, 0.05) is 11.1 Å². The summed E-state index contributed by atoms with van der Waals surface area (Å²) >= 11 is 0. The summed E-state index contributed by atoms with van der Waals surface area (Å²) in [7, 11) is 0. The van der Waals surface area contributed by atoms with E-state index in [-0.39, 0.29) is 11.6 Å². The minimum absolute atomic E-state index is 0.0347. The van der Waals surface area contributed by atoms with E-state index in [1.165, 1.54) is 12.1 Å². The molecule has 0 N–H and O–H groups in total. The van der Waals surface area contributed by atoms with E-state index in [1.807, 2.05) is 32.9 Å². The van der Waals surface area contributed by atoms with Gasteiger partial charge in [0.25, 0.3) is 0 Å². The molecule has 0 radical (unpaired) electrons. The van der Waals surface area contributed by atoms with Gasteiger partial charge in [0.05, 0.1) is 0 Å². The van der Waals surface area contributed by atoms with Crippen LogP contribution in [0.15, 0.2) is 30.3 Å². The number of benzene rings is 2. The van der Waals surface area contributed by atoms with Crippen LogP contribution in [-0.2, 0) is 0 Å². The highest BCUT2D eigenvalue weighted by molar-refractivity contribution is 6.11. The normalized spacial score (nSPS) is 10.6. The van der Waals surface area contributed by atoms with Gasteiger partial charge in [-0.2, -0.15) is 0 Å². The molecule has 0 fully saturated rings. The molecule has 98 valence electrons. The Morgan fingerprint density at radius 2 is 1.47 bits per heavy atom. The summed E-state index contributed by atoms with van der Waals surface area (Å²) in [6.45, 7) is 7.64. The fourth-order valence-corrected chi connectivity index (χ4v) is 2.55. The van der Waals surface area contributed by atoms with E-state index in [1.54, 1.807) is 13.0 Å². The summed E-state index contributed by atoms with van der Waals surface area (Å²) in [5.74, 6) is -0.348. The predicted molar refractivity (Wildman–Crippen MR) is 75.2 cm³/mol. The zero-order chi connectivity index (χ0) is 14.2. The minimum atomic E-state index is -0.314. The molecule has 1 nitrogen and oxygen atoms in total. The number of hydrogen-bond acceptors (Lipinski definition) is 1. The molecule has 0 saturated heterocycles. The molecule has 0 amide bonds.